The Morgan fingerprint density at radius 3 is 2.64 bits per heavy atom. The van der Waals surface area contributed by atoms with Crippen LogP contribution in [0.25, 0.3) is 11.4 Å². The van der Waals surface area contributed by atoms with Crippen LogP contribution < -0.4 is 0 Å². The number of hydrogen-bond acceptors (Lipinski definition) is 3. The quantitative estimate of drug-likeness (QED) is 0.540. The Morgan fingerprint density at radius 1 is 1.18 bits per heavy atom. The number of aryl methyl sites for hydroxylation is 1. The summed E-state index contributed by atoms with van der Waals surface area (Å²) in [5, 5.41) is 11.5. The van der Waals surface area contributed by atoms with Gasteiger partial charge in [-0.2, -0.15) is 14.9 Å². The van der Waals surface area contributed by atoms with Gasteiger partial charge in [-0.25, -0.2) is 5.10 Å². The van der Waals surface area contributed by atoms with Crippen molar-refractivity contribution in [3.05, 3.63) is 68.9 Å². The number of aromatic nitrogens is 3. The monoisotopic (exact) mass is 372 g/mol. The van der Waals surface area contributed by atoms with Crippen molar-refractivity contribution < 1.29 is 0 Å². The second kappa shape index (κ2) is 6.37. The van der Waals surface area contributed by atoms with Gasteiger partial charge < -0.3 is 0 Å². The fourth-order valence-electron chi connectivity index (χ4n) is 1.99. The molecule has 0 atom stereocenters. The first kappa shape index (κ1) is 14.9. The molecular formula is C16H13BrN4S. The summed E-state index contributed by atoms with van der Waals surface area (Å²) in [5.74, 6) is 0.667. The number of aromatic amines is 1. The summed E-state index contributed by atoms with van der Waals surface area (Å²) in [6, 6.07) is 15.9. The van der Waals surface area contributed by atoms with E-state index in [1.165, 1.54) is 5.56 Å². The Balaban J connectivity index is 2.02. The molecule has 3 rings (SSSR count). The number of halogens is 1. The molecule has 0 radical (unpaired) electrons. The van der Waals surface area contributed by atoms with Crippen LogP contribution in [-0.4, -0.2) is 21.1 Å². The molecule has 1 aromatic heterocycles. The molecule has 0 saturated carbocycles. The van der Waals surface area contributed by atoms with E-state index < -0.39 is 0 Å². The third-order valence-electron chi connectivity index (χ3n) is 3.16. The van der Waals surface area contributed by atoms with E-state index in [2.05, 4.69) is 38.2 Å². The SMILES string of the molecule is Cc1ccc(/C=N/n2c(-c3ccccc3Br)n[nH]c2=S)cc1. The van der Waals surface area contributed by atoms with E-state index >= 15 is 0 Å². The van der Waals surface area contributed by atoms with E-state index in [0.717, 1.165) is 15.6 Å². The van der Waals surface area contributed by atoms with E-state index in [1.807, 2.05) is 48.5 Å². The molecule has 6 heteroatoms. The van der Waals surface area contributed by atoms with Crippen molar-refractivity contribution in [1.82, 2.24) is 14.9 Å². The van der Waals surface area contributed by atoms with Crippen LogP contribution in [0.4, 0.5) is 0 Å². The average molecular weight is 373 g/mol. The normalized spacial score (nSPS) is 11.2. The Bertz CT molecular complexity index is 878. The van der Waals surface area contributed by atoms with E-state index in [1.54, 1.807) is 10.9 Å². The molecule has 1 heterocycles. The smallest absolute Gasteiger partial charge is 0.216 e. The minimum Gasteiger partial charge on any atom is -0.250 e. The lowest BCUT2D eigenvalue weighted by atomic mass is 10.2. The summed E-state index contributed by atoms with van der Waals surface area (Å²) in [4.78, 5) is 0. The molecule has 22 heavy (non-hydrogen) atoms. The van der Waals surface area contributed by atoms with E-state index in [4.69, 9.17) is 12.2 Å². The van der Waals surface area contributed by atoms with Gasteiger partial charge in [0.25, 0.3) is 0 Å². The minimum atomic E-state index is 0.453. The third kappa shape index (κ3) is 3.08. The van der Waals surface area contributed by atoms with Crippen LogP contribution in [0.3, 0.4) is 0 Å². The van der Waals surface area contributed by atoms with Crippen LogP contribution in [0, 0.1) is 11.7 Å². The highest BCUT2D eigenvalue weighted by Gasteiger charge is 2.10. The summed E-state index contributed by atoms with van der Waals surface area (Å²) in [5.41, 5.74) is 3.15. The fourth-order valence-corrected chi connectivity index (χ4v) is 2.63. The first-order valence-corrected chi connectivity index (χ1v) is 7.88. The molecule has 0 unspecified atom stereocenters. The van der Waals surface area contributed by atoms with Crippen LogP contribution in [0.5, 0.6) is 0 Å². The largest absolute Gasteiger partial charge is 0.250 e. The Kier molecular flexibility index (Phi) is 4.31. The zero-order chi connectivity index (χ0) is 15.5. The van der Waals surface area contributed by atoms with Gasteiger partial charge in [0.2, 0.25) is 4.77 Å². The second-order valence-electron chi connectivity index (χ2n) is 4.80. The Morgan fingerprint density at radius 2 is 1.91 bits per heavy atom. The maximum atomic E-state index is 5.27. The van der Waals surface area contributed by atoms with Gasteiger partial charge >= 0.3 is 0 Å². The molecule has 0 aliphatic carbocycles. The van der Waals surface area contributed by atoms with Crippen molar-refractivity contribution in [2.24, 2.45) is 5.10 Å². The van der Waals surface area contributed by atoms with Crippen molar-refractivity contribution >= 4 is 34.4 Å². The molecule has 2 aromatic carbocycles. The van der Waals surface area contributed by atoms with Crippen LogP contribution in [-0.2, 0) is 0 Å². The van der Waals surface area contributed by atoms with Gasteiger partial charge in [0.1, 0.15) is 0 Å². The van der Waals surface area contributed by atoms with E-state index in [9.17, 15) is 0 Å². The number of H-pyrrole nitrogens is 1. The minimum absolute atomic E-state index is 0.453. The zero-order valence-electron chi connectivity index (χ0n) is 11.8. The molecule has 110 valence electrons. The lowest BCUT2D eigenvalue weighted by Gasteiger charge is -2.03. The predicted molar refractivity (Wildman–Crippen MR) is 94.7 cm³/mol. The van der Waals surface area contributed by atoms with E-state index in [0.29, 0.717) is 10.6 Å². The molecule has 1 N–H and O–H groups in total. The lowest BCUT2D eigenvalue weighted by molar-refractivity contribution is 0.871. The van der Waals surface area contributed by atoms with Gasteiger partial charge in [0.15, 0.2) is 5.82 Å². The summed E-state index contributed by atoms with van der Waals surface area (Å²) >= 11 is 8.80. The molecule has 0 bridgehead atoms. The average Bonchev–Trinajstić information content (AvgIpc) is 2.88. The molecule has 0 spiro atoms. The highest BCUT2D eigenvalue weighted by Crippen LogP contribution is 2.26. The highest BCUT2D eigenvalue weighted by atomic mass is 79.9. The molecule has 0 fully saturated rings. The van der Waals surface area contributed by atoms with Crippen molar-refractivity contribution in [3.63, 3.8) is 0 Å². The maximum absolute atomic E-state index is 5.27. The first-order chi connectivity index (χ1) is 10.6. The van der Waals surface area contributed by atoms with Crippen molar-refractivity contribution in [2.45, 2.75) is 6.92 Å². The molecule has 4 nitrogen and oxygen atoms in total. The zero-order valence-corrected chi connectivity index (χ0v) is 14.2. The van der Waals surface area contributed by atoms with Gasteiger partial charge in [0, 0.05) is 10.0 Å². The number of rotatable bonds is 3. The van der Waals surface area contributed by atoms with Crippen LogP contribution in [0.15, 0.2) is 58.1 Å². The summed E-state index contributed by atoms with van der Waals surface area (Å²) in [7, 11) is 0. The number of nitrogens with one attached hydrogen (secondary N) is 1. The van der Waals surface area contributed by atoms with Crippen molar-refractivity contribution in [1.29, 1.82) is 0 Å². The highest BCUT2D eigenvalue weighted by molar-refractivity contribution is 9.10. The van der Waals surface area contributed by atoms with Crippen LogP contribution in [0.1, 0.15) is 11.1 Å². The molecule has 0 amide bonds. The van der Waals surface area contributed by atoms with Crippen LogP contribution >= 0.6 is 28.1 Å². The summed E-state index contributed by atoms with van der Waals surface area (Å²) in [6.45, 7) is 2.05. The van der Waals surface area contributed by atoms with Gasteiger partial charge in [0.05, 0.1) is 6.21 Å². The third-order valence-corrected chi connectivity index (χ3v) is 4.12. The number of nitrogens with zero attached hydrogens (tertiary/aromatic N) is 3. The number of hydrogen-bond donors (Lipinski definition) is 1. The molecular weight excluding hydrogens is 360 g/mol. The van der Waals surface area contributed by atoms with Gasteiger partial charge in [-0.3, -0.25) is 0 Å². The predicted octanol–water partition coefficient (Wildman–Crippen LogP) is 4.56. The van der Waals surface area contributed by atoms with E-state index in [-0.39, 0.29) is 0 Å². The summed E-state index contributed by atoms with van der Waals surface area (Å²) < 4.78 is 3.01. The van der Waals surface area contributed by atoms with Gasteiger partial charge in [-0.1, -0.05) is 57.9 Å². The second-order valence-corrected chi connectivity index (χ2v) is 6.04. The maximum Gasteiger partial charge on any atom is 0.216 e. The fraction of sp³-hybridized carbons (Fsp3) is 0.0625. The Hall–Kier alpha value is -2.05. The Labute approximate surface area is 141 Å². The number of benzene rings is 2. The molecule has 0 aliphatic rings. The van der Waals surface area contributed by atoms with Crippen LogP contribution in [0.2, 0.25) is 0 Å². The lowest BCUT2D eigenvalue weighted by Crippen LogP contribution is -1.95. The van der Waals surface area contributed by atoms with Gasteiger partial charge in [-0.15, -0.1) is 0 Å². The first-order valence-electron chi connectivity index (χ1n) is 6.68. The molecule has 0 saturated heterocycles. The standard InChI is InChI=1S/C16H13BrN4S/c1-11-6-8-12(9-7-11)10-18-21-15(19-20-16(21)22)13-4-2-3-5-14(13)17/h2-10H,1H3,(H,20,22)/b18-10+. The summed E-state index contributed by atoms with van der Waals surface area (Å²) in [6.07, 6.45) is 1.77. The topological polar surface area (TPSA) is 46.0 Å². The van der Waals surface area contributed by atoms with Crippen molar-refractivity contribution in [2.75, 3.05) is 0 Å². The molecule has 3 aromatic rings. The van der Waals surface area contributed by atoms with Gasteiger partial charge in [-0.05, 0) is 36.8 Å². The molecule has 0 aliphatic heterocycles. The van der Waals surface area contributed by atoms with Crippen molar-refractivity contribution in [3.8, 4) is 11.4 Å².